The normalized spacial score (nSPS) is 17.1. The summed E-state index contributed by atoms with van der Waals surface area (Å²) in [5, 5.41) is 21.9. The maximum absolute atomic E-state index is 15.3. The number of benzene rings is 2. The second-order valence-corrected chi connectivity index (χ2v) is 11.4. The molecule has 7 rings (SSSR count). The van der Waals surface area contributed by atoms with Crippen molar-refractivity contribution >= 4 is 11.1 Å². The van der Waals surface area contributed by atoms with Gasteiger partial charge in [0.1, 0.15) is 23.4 Å². The van der Waals surface area contributed by atoms with Crippen LogP contribution in [0.4, 0.5) is 8.78 Å². The molecular formula is C31H30F2N6O2. The van der Waals surface area contributed by atoms with Crippen LogP contribution in [0.15, 0.2) is 53.2 Å². The number of rotatable bonds is 8. The Hall–Kier alpha value is -4.02. The highest BCUT2D eigenvalue weighted by atomic mass is 19.1. The van der Waals surface area contributed by atoms with Crippen LogP contribution in [0, 0.1) is 11.6 Å². The van der Waals surface area contributed by atoms with Crippen molar-refractivity contribution in [1.82, 2.24) is 30.0 Å². The molecule has 8 nitrogen and oxygen atoms in total. The van der Waals surface area contributed by atoms with E-state index in [0.29, 0.717) is 35.1 Å². The van der Waals surface area contributed by atoms with Gasteiger partial charge in [0, 0.05) is 36.8 Å². The lowest BCUT2D eigenvalue weighted by atomic mass is 9.80. The summed E-state index contributed by atoms with van der Waals surface area (Å²) < 4.78 is 37.3. The number of halogens is 2. The van der Waals surface area contributed by atoms with E-state index >= 15 is 4.39 Å². The fourth-order valence-electron chi connectivity index (χ4n) is 5.48. The molecule has 2 aliphatic rings. The van der Waals surface area contributed by atoms with Crippen molar-refractivity contribution in [2.75, 3.05) is 6.54 Å². The molecule has 0 amide bonds. The topological polar surface area (TPSA) is 102 Å². The molecule has 210 valence electrons. The minimum absolute atomic E-state index is 0.0651. The van der Waals surface area contributed by atoms with Gasteiger partial charge in [-0.2, -0.15) is 0 Å². The average molecular weight is 557 g/mol. The molecule has 0 saturated heterocycles. The third-order valence-electron chi connectivity index (χ3n) is 8.29. The minimum Gasteiger partial charge on any atom is -0.432 e. The molecule has 0 aliphatic heterocycles. The van der Waals surface area contributed by atoms with E-state index in [1.807, 2.05) is 32.2 Å². The van der Waals surface area contributed by atoms with Crippen molar-refractivity contribution in [3.05, 3.63) is 71.7 Å². The van der Waals surface area contributed by atoms with Gasteiger partial charge in [-0.25, -0.2) is 18.7 Å². The molecule has 3 heterocycles. The van der Waals surface area contributed by atoms with Crippen LogP contribution < -0.4 is 5.32 Å². The lowest BCUT2D eigenvalue weighted by Gasteiger charge is -2.37. The largest absolute Gasteiger partial charge is 0.432 e. The zero-order valence-electron chi connectivity index (χ0n) is 22.9. The summed E-state index contributed by atoms with van der Waals surface area (Å²) in [5.41, 5.74) is 4.06. The Balaban J connectivity index is 1.28. The van der Waals surface area contributed by atoms with E-state index in [2.05, 4.69) is 20.5 Å². The van der Waals surface area contributed by atoms with Gasteiger partial charge in [-0.05, 0) is 92.1 Å². The van der Waals surface area contributed by atoms with Crippen molar-refractivity contribution < 1.29 is 18.3 Å². The summed E-state index contributed by atoms with van der Waals surface area (Å²) >= 11 is 0. The lowest BCUT2D eigenvalue weighted by molar-refractivity contribution is -0.0329. The summed E-state index contributed by atoms with van der Waals surface area (Å²) in [6.45, 7) is 2.40. The van der Waals surface area contributed by atoms with Crippen molar-refractivity contribution in [2.45, 2.75) is 56.6 Å². The summed E-state index contributed by atoms with van der Waals surface area (Å²) in [6, 6.07) is 11.5. The van der Waals surface area contributed by atoms with E-state index in [-0.39, 0.29) is 23.3 Å². The van der Waals surface area contributed by atoms with Crippen molar-refractivity contribution in [1.29, 1.82) is 0 Å². The van der Waals surface area contributed by atoms with Crippen LogP contribution in [0.25, 0.3) is 45.2 Å². The summed E-state index contributed by atoms with van der Waals surface area (Å²) in [6.07, 6.45) is 6.21. The molecule has 2 fully saturated rings. The predicted molar refractivity (Wildman–Crippen MR) is 150 cm³/mol. The second-order valence-electron chi connectivity index (χ2n) is 11.4. The molecule has 2 N–H and O–H groups in total. The zero-order chi connectivity index (χ0) is 28.3. The number of hydrogen-bond acceptors (Lipinski definition) is 7. The number of aromatic nitrogens is 5. The molecule has 41 heavy (non-hydrogen) atoms. The molecule has 3 aromatic heterocycles. The van der Waals surface area contributed by atoms with E-state index < -0.39 is 11.4 Å². The predicted octanol–water partition coefficient (Wildman–Crippen LogP) is 6.07. The Morgan fingerprint density at radius 3 is 2.63 bits per heavy atom. The van der Waals surface area contributed by atoms with Crippen LogP contribution in [0.1, 0.15) is 62.2 Å². The van der Waals surface area contributed by atoms with Crippen LogP contribution in [0.2, 0.25) is 0 Å². The first-order chi connectivity index (χ1) is 19.8. The van der Waals surface area contributed by atoms with Crippen molar-refractivity contribution in [3.63, 3.8) is 0 Å². The molecule has 2 aliphatic carbocycles. The van der Waals surface area contributed by atoms with Gasteiger partial charge in [0.2, 0.25) is 5.89 Å². The SMILES string of the molecule is C[C@H](NCC1(O)CCC1)c1cc(F)c2oc(-c3cc(-c4ccc(F)cc4-c4nncn4C)cc(C4CC4)n3)nc2c1. The van der Waals surface area contributed by atoms with Crippen molar-refractivity contribution in [3.8, 4) is 34.1 Å². The number of nitrogens with one attached hydrogen (secondary N) is 1. The maximum atomic E-state index is 15.3. The molecule has 10 heteroatoms. The van der Waals surface area contributed by atoms with Crippen LogP contribution in [0.3, 0.4) is 0 Å². The Kier molecular flexibility index (Phi) is 6.20. The molecule has 0 spiro atoms. The van der Waals surface area contributed by atoms with Crippen LogP contribution in [-0.4, -0.2) is 42.0 Å². The molecule has 0 bridgehead atoms. The quantitative estimate of drug-likeness (QED) is 0.239. The zero-order valence-corrected chi connectivity index (χ0v) is 22.9. The van der Waals surface area contributed by atoms with Gasteiger partial charge >= 0.3 is 0 Å². The third-order valence-corrected chi connectivity index (χ3v) is 8.29. The van der Waals surface area contributed by atoms with Gasteiger partial charge < -0.3 is 19.4 Å². The number of oxazole rings is 1. The lowest BCUT2D eigenvalue weighted by Crippen LogP contribution is -2.46. The number of nitrogens with zero attached hydrogens (tertiary/aromatic N) is 5. The Morgan fingerprint density at radius 1 is 1.10 bits per heavy atom. The summed E-state index contributed by atoms with van der Waals surface area (Å²) in [5.74, 6) is 0.187. The maximum Gasteiger partial charge on any atom is 0.246 e. The highest BCUT2D eigenvalue weighted by molar-refractivity contribution is 5.83. The Bertz CT molecular complexity index is 1770. The van der Waals surface area contributed by atoms with Gasteiger partial charge in [0.25, 0.3) is 0 Å². The van der Waals surface area contributed by atoms with Crippen LogP contribution >= 0.6 is 0 Å². The molecule has 0 unspecified atom stereocenters. The fraction of sp³-hybridized carbons (Fsp3) is 0.355. The van der Waals surface area contributed by atoms with Gasteiger partial charge in [0.15, 0.2) is 17.2 Å². The van der Waals surface area contributed by atoms with Crippen molar-refractivity contribution in [2.24, 2.45) is 7.05 Å². The Morgan fingerprint density at radius 2 is 1.93 bits per heavy atom. The first kappa shape index (κ1) is 25.9. The van der Waals surface area contributed by atoms with Gasteiger partial charge in [-0.1, -0.05) is 6.07 Å². The summed E-state index contributed by atoms with van der Waals surface area (Å²) in [7, 11) is 1.81. The molecule has 1 atom stereocenters. The number of pyridine rings is 1. The van der Waals surface area contributed by atoms with Crippen LogP contribution in [0.5, 0.6) is 0 Å². The monoisotopic (exact) mass is 556 g/mol. The van der Waals surface area contributed by atoms with Crippen LogP contribution in [-0.2, 0) is 7.05 Å². The average Bonchev–Trinajstić information content (AvgIpc) is 3.56. The second kappa shape index (κ2) is 9.81. The van der Waals surface area contributed by atoms with Gasteiger partial charge in [-0.15, -0.1) is 10.2 Å². The van der Waals surface area contributed by atoms with E-state index in [9.17, 15) is 9.50 Å². The molecule has 5 aromatic rings. The standard InChI is InChI=1S/C31H30F2N6O2/c1-17(34-15-31(40)8-3-9-31)19-10-24(33)28-26(11-19)37-30(41-28)27-13-20(12-25(36-27)18-4-5-18)22-7-6-21(32)14-23(22)29-38-35-16-39(29)2/h6-7,10-14,16-18,34,40H,3-5,8-9,15H2,1-2H3/t17-/m0/s1. The van der Waals surface area contributed by atoms with E-state index in [4.69, 9.17) is 9.40 Å². The first-order valence-electron chi connectivity index (χ1n) is 14.0. The molecule has 2 saturated carbocycles. The number of aryl methyl sites for hydroxylation is 1. The van der Waals surface area contributed by atoms with E-state index in [1.54, 1.807) is 17.0 Å². The smallest absolute Gasteiger partial charge is 0.246 e. The molecule has 0 radical (unpaired) electrons. The number of fused-ring (bicyclic) bond motifs is 1. The molecule has 2 aromatic carbocycles. The minimum atomic E-state index is -0.675. The third kappa shape index (κ3) is 4.91. The fourth-order valence-corrected chi connectivity index (χ4v) is 5.48. The summed E-state index contributed by atoms with van der Waals surface area (Å²) in [4.78, 5) is 9.49. The highest BCUT2D eigenvalue weighted by Gasteiger charge is 2.34. The highest BCUT2D eigenvalue weighted by Crippen LogP contribution is 2.43. The number of hydrogen-bond donors (Lipinski definition) is 2. The van der Waals surface area contributed by atoms with Gasteiger partial charge in [0.05, 0.1) is 5.60 Å². The van der Waals surface area contributed by atoms with E-state index in [0.717, 1.165) is 54.5 Å². The van der Waals surface area contributed by atoms with Gasteiger partial charge in [-0.3, -0.25) is 0 Å². The first-order valence-corrected chi connectivity index (χ1v) is 14.0. The Labute approximate surface area is 235 Å². The van der Waals surface area contributed by atoms with E-state index in [1.165, 1.54) is 18.2 Å². The molecular weight excluding hydrogens is 526 g/mol. The number of aliphatic hydroxyl groups is 1.